The van der Waals surface area contributed by atoms with Gasteiger partial charge in [0.25, 0.3) is 11.8 Å². The van der Waals surface area contributed by atoms with Crippen molar-refractivity contribution in [2.24, 2.45) is 0 Å². The van der Waals surface area contributed by atoms with Crippen LogP contribution in [0, 0.1) is 0 Å². The van der Waals surface area contributed by atoms with Crippen LogP contribution in [-0.2, 0) is 14.5 Å². The molecule has 0 bridgehead atoms. The number of imide groups is 1. The molecule has 0 spiro atoms. The summed E-state index contributed by atoms with van der Waals surface area (Å²) >= 11 is 0. The first-order chi connectivity index (χ1) is 8.24. The van der Waals surface area contributed by atoms with Crippen molar-refractivity contribution < 1.29 is 14.5 Å². The summed E-state index contributed by atoms with van der Waals surface area (Å²) in [5, 5.41) is 2.61. The second kappa shape index (κ2) is 4.17. The maximum absolute atomic E-state index is 11.5. The van der Waals surface area contributed by atoms with Gasteiger partial charge in [0.1, 0.15) is 0 Å². The lowest BCUT2D eigenvalue weighted by Crippen LogP contribution is -2.60. The molecule has 1 fully saturated rings. The van der Waals surface area contributed by atoms with Gasteiger partial charge in [0, 0.05) is 23.2 Å². The van der Waals surface area contributed by atoms with Crippen LogP contribution in [0.25, 0.3) is 0 Å². The summed E-state index contributed by atoms with van der Waals surface area (Å²) in [7, 11) is 0. The van der Waals surface area contributed by atoms with Crippen molar-refractivity contribution in [3.63, 3.8) is 0 Å². The Morgan fingerprint density at radius 3 is 1.89 bits per heavy atom. The number of hydrogen-bond acceptors (Lipinski definition) is 4. The molecular weight excluding hydrogens is 232 g/mol. The molecule has 5 heteroatoms. The van der Waals surface area contributed by atoms with Gasteiger partial charge in [-0.05, 0) is 47.0 Å². The van der Waals surface area contributed by atoms with Crippen LogP contribution in [-0.4, -0.2) is 33.0 Å². The molecule has 0 aromatic heterocycles. The molecular formula is C13H20N2O3. The van der Waals surface area contributed by atoms with Crippen LogP contribution in [0.4, 0.5) is 0 Å². The summed E-state index contributed by atoms with van der Waals surface area (Å²) in [6.07, 6.45) is 5.51. The van der Waals surface area contributed by atoms with E-state index in [9.17, 15) is 9.59 Å². The maximum atomic E-state index is 11.5. The van der Waals surface area contributed by atoms with Crippen molar-refractivity contribution in [1.82, 2.24) is 10.1 Å². The molecule has 2 aliphatic rings. The summed E-state index contributed by atoms with van der Waals surface area (Å²) in [5.74, 6) is -0.839. The SMILES string of the molecule is CC1(C)CCCC(C)(C)N1ON1C(=O)C=CC1=O. The first-order valence-electron chi connectivity index (χ1n) is 6.29. The Hall–Kier alpha value is -1.20. The van der Waals surface area contributed by atoms with E-state index in [1.807, 2.05) is 0 Å². The lowest BCUT2D eigenvalue weighted by Gasteiger charge is -2.51. The third-order valence-electron chi connectivity index (χ3n) is 3.61. The molecule has 0 aliphatic carbocycles. The molecule has 0 unspecified atom stereocenters. The second-order valence-electron chi connectivity index (χ2n) is 6.16. The molecule has 0 saturated carbocycles. The van der Waals surface area contributed by atoms with E-state index in [1.165, 1.54) is 12.2 Å². The van der Waals surface area contributed by atoms with Crippen LogP contribution in [0.15, 0.2) is 12.2 Å². The smallest absolute Gasteiger partial charge is 0.267 e. The molecule has 2 heterocycles. The minimum Gasteiger partial charge on any atom is -0.267 e. The minimum atomic E-state index is -0.419. The Labute approximate surface area is 107 Å². The third-order valence-corrected chi connectivity index (χ3v) is 3.61. The highest BCUT2D eigenvalue weighted by Crippen LogP contribution is 2.38. The van der Waals surface area contributed by atoms with Crippen LogP contribution in [0.2, 0.25) is 0 Å². The molecule has 0 aromatic carbocycles. The Balaban J connectivity index is 2.19. The summed E-state index contributed by atoms with van der Waals surface area (Å²) in [6, 6.07) is 0. The monoisotopic (exact) mass is 252 g/mol. The molecule has 100 valence electrons. The van der Waals surface area contributed by atoms with Gasteiger partial charge in [-0.3, -0.25) is 9.59 Å². The van der Waals surface area contributed by atoms with Gasteiger partial charge in [-0.1, -0.05) is 0 Å². The number of carbonyl (C=O) groups excluding carboxylic acids is 2. The lowest BCUT2D eigenvalue weighted by molar-refractivity contribution is -0.364. The molecule has 2 amide bonds. The Kier molecular flexibility index (Phi) is 3.07. The van der Waals surface area contributed by atoms with Crippen LogP contribution in [0.1, 0.15) is 47.0 Å². The van der Waals surface area contributed by atoms with Crippen molar-refractivity contribution in [3.05, 3.63) is 12.2 Å². The molecule has 0 atom stereocenters. The van der Waals surface area contributed by atoms with Crippen LogP contribution >= 0.6 is 0 Å². The highest BCUT2D eigenvalue weighted by atomic mass is 16.9. The van der Waals surface area contributed by atoms with Gasteiger partial charge >= 0.3 is 0 Å². The van der Waals surface area contributed by atoms with Gasteiger partial charge < -0.3 is 0 Å². The van der Waals surface area contributed by atoms with Crippen molar-refractivity contribution in [2.45, 2.75) is 58.0 Å². The molecule has 5 nitrogen and oxygen atoms in total. The number of carbonyl (C=O) groups is 2. The number of hydrogen-bond donors (Lipinski definition) is 0. The first-order valence-corrected chi connectivity index (χ1v) is 6.29. The first kappa shape index (κ1) is 13.2. The van der Waals surface area contributed by atoms with E-state index in [0.717, 1.165) is 24.3 Å². The quantitative estimate of drug-likeness (QED) is 0.703. The van der Waals surface area contributed by atoms with Gasteiger partial charge in [-0.2, -0.15) is 10.0 Å². The average molecular weight is 252 g/mol. The maximum Gasteiger partial charge on any atom is 0.279 e. The number of hydroxylamine groups is 4. The van der Waals surface area contributed by atoms with Crippen molar-refractivity contribution in [3.8, 4) is 0 Å². The largest absolute Gasteiger partial charge is 0.279 e. The van der Waals surface area contributed by atoms with Gasteiger partial charge in [-0.25, -0.2) is 0 Å². The van der Waals surface area contributed by atoms with E-state index in [0.29, 0.717) is 0 Å². The lowest BCUT2D eigenvalue weighted by atomic mass is 9.82. The fourth-order valence-electron chi connectivity index (χ4n) is 2.75. The Bertz CT molecular complexity index is 378. The number of nitrogens with zero attached hydrogens (tertiary/aromatic N) is 2. The van der Waals surface area contributed by atoms with Gasteiger partial charge in [-0.15, -0.1) is 5.06 Å². The van der Waals surface area contributed by atoms with E-state index in [4.69, 9.17) is 4.94 Å². The second-order valence-corrected chi connectivity index (χ2v) is 6.16. The highest BCUT2D eigenvalue weighted by molar-refractivity contribution is 6.11. The summed E-state index contributed by atoms with van der Waals surface area (Å²) in [6.45, 7) is 8.25. The Morgan fingerprint density at radius 2 is 1.44 bits per heavy atom. The van der Waals surface area contributed by atoms with Gasteiger partial charge in [0.15, 0.2) is 0 Å². The van der Waals surface area contributed by atoms with Crippen molar-refractivity contribution in [1.29, 1.82) is 0 Å². The van der Waals surface area contributed by atoms with E-state index in [1.54, 1.807) is 5.06 Å². The average Bonchev–Trinajstić information content (AvgIpc) is 2.53. The van der Waals surface area contributed by atoms with E-state index >= 15 is 0 Å². The molecule has 18 heavy (non-hydrogen) atoms. The summed E-state index contributed by atoms with van der Waals surface area (Å²) in [4.78, 5) is 28.7. The molecule has 0 radical (unpaired) electrons. The summed E-state index contributed by atoms with van der Waals surface area (Å²) < 4.78 is 0. The third kappa shape index (κ3) is 2.20. The highest BCUT2D eigenvalue weighted by Gasteiger charge is 2.45. The van der Waals surface area contributed by atoms with Gasteiger partial charge in [0.05, 0.1) is 0 Å². The van der Waals surface area contributed by atoms with E-state index < -0.39 is 11.8 Å². The normalized spacial score (nSPS) is 27.0. The van der Waals surface area contributed by atoms with Crippen molar-refractivity contribution in [2.75, 3.05) is 0 Å². The minimum absolute atomic E-state index is 0.203. The zero-order chi connectivity index (χ0) is 13.6. The zero-order valence-electron chi connectivity index (χ0n) is 11.4. The predicted molar refractivity (Wildman–Crippen MR) is 65.9 cm³/mol. The molecule has 0 N–H and O–H groups in total. The predicted octanol–water partition coefficient (Wildman–Crippen LogP) is 1.80. The molecule has 0 aromatic rings. The van der Waals surface area contributed by atoms with Crippen LogP contribution in [0.3, 0.4) is 0 Å². The number of piperidine rings is 1. The Morgan fingerprint density at radius 1 is 1.00 bits per heavy atom. The standard InChI is InChI=1S/C13H20N2O3/c1-12(2)8-5-9-13(3,4)15(12)18-14-10(16)6-7-11(14)17/h6-7H,5,8-9H2,1-4H3. The molecule has 2 rings (SSSR count). The number of rotatable bonds is 2. The molecule has 1 saturated heterocycles. The van der Waals surface area contributed by atoms with E-state index in [2.05, 4.69) is 27.7 Å². The number of amides is 2. The van der Waals surface area contributed by atoms with Crippen LogP contribution < -0.4 is 0 Å². The van der Waals surface area contributed by atoms with E-state index in [-0.39, 0.29) is 11.1 Å². The summed E-state index contributed by atoms with van der Waals surface area (Å²) in [5.41, 5.74) is -0.407. The topological polar surface area (TPSA) is 49.9 Å². The van der Waals surface area contributed by atoms with Crippen LogP contribution in [0.5, 0.6) is 0 Å². The van der Waals surface area contributed by atoms with Gasteiger partial charge in [0.2, 0.25) is 0 Å². The molecule has 2 aliphatic heterocycles. The zero-order valence-corrected chi connectivity index (χ0v) is 11.4. The fourth-order valence-corrected chi connectivity index (χ4v) is 2.75. The fraction of sp³-hybridized carbons (Fsp3) is 0.692. The van der Waals surface area contributed by atoms with Crippen molar-refractivity contribution >= 4 is 11.8 Å².